The number of halogens is 3. The predicted molar refractivity (Wildman–Crippen MR) is 88.0 cm³/mol. The third-order valence-corrected chi connectivity index (χ3v) is 5.30. The Balaban J connectivity index is 2.97. The highest BCUT2D eigenvalue weighted by Gasteiger charge is 2.22. The maximum atomic E-state index is 6.34. The highest BCUT2D eigenvalue weighted by atomic mass is 79.9. The third kappa shape index (κ3) is 4.54. The molecule has 1 aromatic rings. The number of hydrogen-bond acceptors (Lipinski definition) is 1. The van der Waals surface area contributed by atoms with Crippen molar-refractivity contribution in [3.8, 4) is 5.75 Å². The highest BCUT2D eigenvalue weighted by molar-refractivity contribution is 9.09. The van der Waals surface area contributed by atoms with Crippen molar-refractivity contribution in [3.63, 3.8) is 0 Å². The molecule has 1 rings (SSSR count). The standard InChI is InChI=1S/C15H21BrCl2O/c1-4-6-7-10(5-2)15(16)11-8-13(18)14(19-3)9-12(11)17/h8-10,15H,4-7H2,1-3H3. The predicted octanol–water partition coefficient (Wildman–Crippen LogP) is 6.65. The lowest BCUT2D eigenvalue weighted by Crippen LogP contribution is -2.07. The zero-order valence-electron chi connectivity index (χ0n) is 11.7. The first kappa shape index (κ1) is 17.1. The van der Waals surface area contributed by atoms with Crippen LogP contribution in [0, 0.1) is 5.92 Å². The van der Waals surface area contributed by atoms with Gasteiger partial charge in [0.25, 0.3) is 0 Å². The van der Waals surface area contributed by atoms with Gasteiger partial charge in [-0.25, -0.2) is 0 Å². The minimum Gasteiger partial charge on any atom is -0.495 e. The summed E-state index contributed by atoms with van der Waals surface area (Å²) in [7, 11) is 1.60. The van der Waals surface area contributed by atoms with Crippen LogP contribution in [0.1, 0.15) is 49.9 Å². The van der Waals surface area contributed by atoms with E-state index in [2.05, 4.69) is 29.8 Å². The van der Waals surface area contributed by atoms with Crippen molar-refractivity contribution in [2.24, 2.45) is 5.92 Å². The van der Waals surface area contributed by atoms with Gasteiger partial charge in [-0.3, -0.25) is 0 Å². The van der Waals surface area contributed by atoms with Crippen molar-refractivity contribution in [2.45, 2.75) is 44.4 Å². The largest absolute Gasteiger partial charge is 0.495 e. The molecule has 1 nitrogen and oxygen atoms in total. The van der Waals surface area contributed by atoms with E-state index in [1.165, 1.54) is 19.3 Å². The molecule has 108 valence electrons. The minimum absolute atomic E-state index is 0.236. The van der Waals surface area contributed by atoms with Gasteiger partial charge in [0.1, 0.15) is 5.75 Å². The van der Waals surface area contributed by atoms with Crippen molar-refractivity contribution in [1.29, 1.82) is 0 Å². The normalized spacial score (nSPS) is 14.2. The van der Waals surface area contributed by atoms with E-state index < -0.39 is 0 Å². The molecule has 0 amide bonds. The van der Waals surface area contributed by atoms with Crippen LogP contribution >= 0.6 is 39.1 Å². The second-order valence-corrected chi connectivity index (χ2v) is 6.52. The number of rotatable bonds is 7. The SMILES string of the molecule is CCCCC(CC)C(Br)c1cc(Cl)c(OC)cc1Cl. The lowest BCUT2D eigenvalue weighted by atomic mass is 9.92. The second kappa shape index (κ2) is 8.39. The number of hydrogen-bond donors (Lipinski definition) is 0. The summed E-state index contributed by atoms with van der Waals surface area (Å²) in [6.45, 7) is 4.43. The Morgan fingerprint density at radius 2 is 1.89 bits per heavy atom. The molecule has 19 heavy (non-hydrogen) atoms. The van der Waals surface area contributed by atoms with Crippen molar-refractivity contribution in [1.82, 2.24) is 0 Å². The van der Waals surface area contributed by atoms with Crippen LogP contribution in [-0.4, -0.2) is 7.11 Å². The molecular weight excluding hydrogens is 347 g/mol. The molecule has 0 aliphatic rings. The lowest BCUT2D eigenvalue weighted by Gasteiger charge is -2.23. The Bertz CT molecular complexity index is 409. The second-order valence-electron chi connectivity index (χ2n) is 4.72. The summed E-state index contributed by atoms with van der Waals surface area (Å²) in [5, 5.41) is 1.31. The summed E-state index contributed by atoms with van der Waals surface area (Å²) in [6, 6.07) is 3.71. The molecule has 2 unspecified atom stereocenters. The molecule has 2 atom stereocenters. The van der Waals surface area contributed by atoms with Gasteiger partial charge in [-0.1, -0.05) is 72.2 Å². The summed E-state index contributed by atoms with van der Waals surface area (Å²) in [4.78, 5) is 0.236. The molecular formula is C15H21BrCl2O. The Morgan fingerprint density at radius 3 is 2.42 bits per heavy atom. The first-order valence-electron chi connectivity index (χ1n) is 6.72. The van der Waals surface area contributed by atoms with Gasteiger partial charge < -0.3 is 4.74 Å². The monoisotopic (exact) mass is 366 g/mol. The average Bonchev–Trinajstić information content (AvgIpc) is 2.41. The number of alkyl halides is 1. The Hall–Kier alpha value is 0.0800. The van der Waals surface area contributed by atoms with Gasteiger partial charge in [-0.15, -0.1) is 0 Å². The van der Waals surface area contributed by atoms with Crippen molar-refractivity contribution in [2.75, 3.05) is 7.11 Å². The molecule has 0 spiro atoms. The van der Waals surface area contributed by atoms with Gasteiger partial charge in [0, 0.05) is 15.9 Å². The van der Waals surface area contributed by atoms with E-state index in [4.69, 9.17) is 27.9 Å². The molecule has 0 fully saturated rings. The average molecular weight is 368 g/mol. The molecule has 1 aromatic carbocycles. The topological polar surface area (TPSA) is 9.23 Å². The number of ether oxygens (including phenoxy) is 1. The zero-order chi connectivity index (χ0) is 14.4. The molecule has 0 saturated heterocycles. The van der Waals surface area contributed by atoms with E-state index in [0.29, 0.717) is 21.7 Å². The number of benzene rings is 1. The van der Waals surface area contributed by atoms with Gasteiger partial charge in [-0.2, -0.15) is 0 Å². The van der Waals surface area contributed by atoms with Gasteiger partial charge in [0.15, 0.2) is 0 Å². The molecule has 0 aromatic heterocycles. The molecule has 4 heteroatoms. The first-order valence-corrected chi connectivity index (χ1v) is 8.39. The lowest BCUT2D eigenvalue weighted by molar-refractivity contribution is 0.414. The number of methoxy groups -OCH3 is 1. The summed E-state index contributed by atoms with van der Waals surface area (Å²) in [6.07, 6.45) is 4.77. The number of unbranched alkanes of at least 4 members (excludes halogenated alkanes) is 1. The molecule has 0 N–H and O–H groups in total. The van der Waals surface area contributed by atoms with Crippen LogP contribution in [0.5, 0.6) is 5.75 Å². The van der Waals surface area contributed by atoms with E-state index in [-0.39, 0.29) is 4.83 Å². The fourth-order valence-corrected chi connectivity index (χ4v) is 3.86. The fraction of sp³-hybridized carbons (Fsp3) is 0.600. The molecule has 0 aliphatic heterocycles. The first-order chi connectivity index (χ1) is 9.04. The molecule has 0 saturated carbocycles. The zero-order valence-corrected chi connectivity index (χ0v) is 14.8. The molecule has 0 radical (unpaired) electrons. The van der Waals surface area contributed by atoms with Crippen LogP contribution in [0.15, 0.2) is 12.1 Å². The molecule has 0 heterocycles. The van der Waals surface area contributed by atoms with E-state index in [0.717, 1.165) is 12.0 Å². The third-order valence-electron chi connectivity index (χ3n) is 3.43. The quantitative estimate of drug-likeness (QED) is 0.490. The van der Waals surface area contributed by atoms with Crippen LogP contribution in [0.4, 0.5) is 0 Å². The maximum absolute atomic E-state index is 6.34. The smallest absolute Gasteiger partial charge is 0.138 e. The van der Waals surface area contributed by atoms with Crippen LogP contribution in [-0.2, 0) is 0 Å². The highest BCUT2D eigenvalue weighted by Crippen LogP contribution is 2.42. The van der Waals surface area contributed by atoms with E-state index in [1.54, 1.807) is 13.2 Å². The van der Waals surface area contributed by atoms with E-state index >= 15 is 0 Å². The molecule has 0 aliphatic carbocycles. The van der Waals surface area contributed by atoms with Crippen LogP contribution in [0.2, 0.25) is 10.0 Å². The van der Waals surface area contributed by atoms with Gasteiger partial charge in [0.2, 0.25) is 0 Å². The summed E-state index contributed by atoms with van der Waals surface area (Å²) < 4.78 is 5.18. The maximum Gasteiger partial charge on any atom is 0.138 e. The summed E-state index contributed by atoms with van der Waals surface area (Å²) in [5.74, 6) is 1.19. The van der Waals surface area contributed by atoms with Crippen molar-refractivity contribution in [3.05, 3.63) is 27.7 Å². The van der Waals surface area contributed by atoms with Crippen LogP contribution in [0.25, 0.3) is 0 Å². The van der Waals surface area contributed by atoms with E-state index in [9.17, 15) is 0 Å². The molecule has 0 bridgehead atoms. The van der Waals surface area contributed by atoms with E-state index in [1.807, 2.05) is 6.07 Å². The van der Waals surface area contributed by atoms with Crippen LogP contribution < -0.4 is 4.74 Å². The Kier molecular flexibility index (Phi) is 7.56. The van der Waals surface area contributed by atoms with Gasteiger partial charge in [0.05, 0.1) is 12.1 Å². The van der Waals surface area contributed by atoms with Crippen LogP contribution in [0.3, 0.4) is 0 Å². The summed E-state index contributed by atoms with van der Waals surface area (Å²) in [5.41, 5.74) is 1.05. The van der Waals surface area contributed by atoms with Crippen molar-refractivity contribution < 1.29 is 4.74 Å². The minimum atomic E-state index is 0.236. The van der Waals surface area contributed by atoms with Crippen molar-refractivity contribution >= 4 is 39.1 Å². The Morgan fingerprint density at radius 1 is 1.21 bits per heavy atom. The van der Waals surface area contributed by atoms with Gasteiger partial charge >= 0.3 is 0 Å². The summed E-state index contributed by atoms with van der Waals surface area (Å²) >= 11 is 16.3. The Labute approximate surface area is 134 Å². The fourth-order valence-electron chi connectivity index (χ4n) is 2.19. The van der Waals surface area contributed by atoms with Gasteiger partial charge in [-0.05, 0) is 24.0 Å².